The highest BCUT2D eigenvalue weighted by Gasteiger charge is 2.07. The summed E-state index contributed by atoms with van der Waals surface area (Å²) in [5.41, 5.74) is 10.1. The van der Waals surface area contributed by atoms with Crippen molar-refractivity contribution in [3.8, 4) is 0 Å². The molecular formula is C24H27Br2N3O4. The number of nitro groups is 2. The summed E-state index contributed by atoms with van der Waals surface area (Å²) in [5.74, 6) is 0. The number of rotatable bonds is 5. The van der Waals surface area contributed by atoms with Crippen molar-refractivity contribution in [2.24, 2.45) is 0 Å². The van der Waals surface area contributed by atoms with Crippen molar-refractivity contribution in [2.45, 2.75) is 40.0 Å². The molecule has 0 saturated heterocycles. The third-order valence-corrected chi connectivity index (χ3v) is 6.12. The molecule has 176 valence electrons. The molecule has 0 aromatic heterocycles. The van der Waals surface area contributed by atoms with Gasteiger partial charge in [-0.3, -0.25) is 20.2 Å². The second-order valence-corrected chi connectivity index (χ2v) is 8.58. The zero-order chi connectivity index (χ0) is 25.0. The lowest BCUT2D eigenvalue weighted by molar-refractivity contribution is -0.385. The first-order chi connectivity index (χ1) is 15.6. The van der Waals surface area contributed by atoms with Gasteiger partial charge in [-0.05, 0) is 48.1 Å². The van der Waals surface area contributed by atoms with Crippen LogP contribution in [0.5, 0.6) is 0 Å². The van der Waals surface area contributed by atoms with Gasteiger partial charge >= 0.3 is 0 Å². The lowest BCUT2D eigenvalue weighted by Gasteiger charge is -2.00. The Morgan fingerprint density at radius 1 is 0.697 bits per heavy atom. The fraction of sp³-hybridized carbons (Fsp3) is 0.250. The second-order valence-electron chi connectivity index (χ2n) is 6.87. The van der Waals surface area contributed by atoms with Gasteiger partial charge in [0, 0.05) is 38.9 Å². The Morgan fingerprint density at radius 2 is 1.15 bits per heavy atom. The van der Waals surface area contributed by atoms with Gasteiger partial charge in [0.1, 0.15) is 0 Å². The van der Waals surface area contributed by atoms with Gasteiger partial charge < -0.3 is 5.73 Å². The summed E-state index contributed by atoms with van der Waals surface area (Å²) in [5, 5.41) is 20.5. The quantitative estimate of drug-likeness (QED) is 0.189. The molecule has 0 amide bonds. The van der Waals surface area contributed by atoms with Crippen LogP contribution >= 0.6 is 31.9 Å². The summed E-state index contributed by atoms with van der Waals surface area (Å²) in [6, 6.07) is 17.3. The molecule has 0 aliphatic carbocycles. The molecule has 0 aliphatic heterocycles. The van der Waals surface area contributed by atoms with Crippen LogP contribution in [0.4, 0.5) is 17.1 Å². The van der Waals surface area contributed by atoms with Crippen molar-refractivity contribution in [1.82, 2.24) is 0 Å². The molecule has 3 aromatic rings. The van der Waals surface area contributed by atoms with E-state index in [1.54, 1.807) is 18.2 Å². The highest BCUT2D eigenvalue weighted by atomic mass is 79.9. The highest BCUT2D eigenvalue weighted by Crippen LogP contribution is 2.23. The molecule has 3 rings (SSSR count). The first-order valence-electron chi connectivity index (χ1n) is 10.3. The van der Waals surface area contributed by atoms with Crippen LogP contribution in [-0.2, 0) is 19.3 Å². The number of nitrogens with zero attached hydrogens (tertiary/aromatic N) is 2. The zero-order valence-corrected chi connectivity index (χ0v) is 21.9. The minimum atomic E-state index is -0.399. The summed E-state index contributed by atoms with van der Waals surface area (Å²) in [6.07, 6.45) is 2.83. The molecule has 0 saturated carbocycles. The van der Waals surface area contributed by atoms with Gasteiger partial charge in [-0.1, -0.05) is 76.9 Å². The minimum absolute atomic E-state index is 0.124. The van der Waals surface area contributed by atoms with E-state index in [0.29, 0.717) is 0 Å². The molecule has 0 radical (unpaired) electrons. The van der Waals surface area contributed by atoms with Crippen LogP contribution in [0.1, 0.15) is 37.5 Å². The Morgan fingerprint density at radius 3 is 1.55 bits per heavy atom. The van der Waals surface area contributed by atoms with E-state index in [1.807, 2.05) is 32.0 Å². The Labute approximate surface area is 210 Å². The number of nitrogens with two attached hydrogens (primary N) is 1. The number of hydrogen-bond donors (Lipinski definition) is 1. The summed E-state index contributed by atoms with van der Waals surface area (Å²) >= 11 is 6.70. The first-order valence-corrected chi connectivity index (χ1v) is 11.9. The minimum Gasteiger partial charge on any atom is -0.399 e. The lowest BCUT2D eigenvalue weighted by atomic mass is 10.1. The first kappa shape index (κ1) is 28.3. The molecule has 0 bridgehead atoms. The van der Waals surface area contributed by atoms with Crippen molar-refractivity contribution in [2.75, 3.05) is 5.73 Å². The summed E-state index contributed by atoms with van der Waals surface area (Å²) < 4.78 is 1.91. The molecule has 0 fully saturated rings. The number of benzene rings is 3. The maximum atomic E-state index is 10.3. The number of aryl methyl sites for hydroxylation is 3. The highest BCUT2D eigenvalue weighted by molar-refractivity contribution is 9.10. The van der Waals surface area contributed by atoms with Gasteiger partial charge in [0.25, 0.3) is 11.4 Å². The third-order valence-electron chi connectivity index (χ3n) is 4.64. The maximum absolute atomic E-state index is 10.3. The molecule has 0 aliphatic rings. The number of nitrogen functional groups attached to an aromatic ring is 1. The van der Waals surface area contributed by atoms with Crippen molar-refractivity contribution < 1.29 is 9.85 Å². The molecule has 0 unspecified atom stereocenters. The number of anilines is 1. The standard InChI is InChI=1S/C8H8BrNO2.C8H10BrN.C8H9NO2/c1-2-6-3-4-7(10(11)12)5-8(6)9;1-2-6-3-4-7(10)5-8(6)9;1-2-7-3-5-8(6-4-7)9(10)11/h3-5H,2H2,1H3;3-5H,2,10H2,1H3;3-6H,2H2,1H3. The van der Waals surface area contributed by atoms with E-state index in [9.17, 15) is 20.2 Å². The Bertz CT molecular complexity index is 1070. The molecule has 33 heavy (non-hydrogen) atoms. The van der Waals surface area contributed by atoms with Crippen molar-refractivity contribution in [3.63, 3.8) is 0 Å². The van der Waals surface area contributed by atoms with E-state index in [4.69, 9.17) is 5.73 Å². The van der Waals surface area contributed by atoms with Crippen molar-refractivity contribution in [1.29, 1.82) is 0 Å². The van der Waals surface area contributed by atoms with Crippen LogP contribution < -0.4 is 5.73 Å². The number of hydrogen-bond acceptors (Lipinski definition) is 5. The zero-order valence-electron chi connectivity index (χ0n) is 18.8. The topological polar surface area (TPSA) is 112 Å². The predicted octanol–water partition coefficient (Wildman–Crippen LogP) is 7.67. The SMILES string of the molecule is CCc1ccc(N)cc1Br.CCc1ccc([N+](=O)[O-])cc1.CCc1ccc([N+](=O)[O-])cc1Br. The molecule has 7 nitrogen and oxygen atoms in total. The van der Waals surface area contributed by atoms with E-state index >= 15 is 0 Å². The summed E-state index contributed by atoms with van der Waals surface area (Å²) in [7, 11) is 0. The van der Waals surface area contributed by atoms with Gasteiger partial charge in [0.15, 0.2) is 0 Å². The molecular weight excluding hydrogens is 554 g/mol. The van der Waals surface area contributed by atoms with Gasteiger partial charge in [-0.2, -0.15) is 0 Å². The number of nitro benzene ring substituents is 2. The molecule has 0 heterocycles. The van der Waals surface area contributed by atoms with Gasteiger partial charge in [0.05, 0.1) is 9.85 Å². The van der Waals surface area contributed by atoms with Crippen molar-refractivity contribution >= 4 is 48.9 Å². The van der Waals surface area contributed by atoms with Crippen LogP contribution in [0, 0.1) is 20.2 Å². The van der Waals surface area contributed by atoms with E-state index in [-0.39, 0.29) is 16.3 Å². The summed E-state index contributed by atoms with van der Waals surface area (Å²) in [6.45, 7) is 6.14. The molecule has 3 aromatic carbocycles. The smallest absolute Gasteiger partial charge is 0.270 e. The summed E-state index contributed by atoms with van der Waals surface area (Å²) in [4.78, 5) is 19.8. The fourth-order valence-corrected chi connectivity index (χ4v) is 3.96. The van der Waals surface area contributed by atoms with E-state index in [0.717, 1.165) is 45.0 Å². The third kappa shape index (κ3) is 9.71. The van der Waals surface area contributed by atoms with E-state index in [1.165, 1.54) is 29.8 Å². The molecule has 2 N–H and O–H groups in total. The lowest BCUT2D eigenvalue weighted by Crippen LogP contribution is -1.89. The molecule has 9 heteroatoms. The predicted molar refractivity (Wildman–Crippen MR) is 141 cm³/mol. The maximum Gasteiger partial charge on any atom is 0.270 e. The second kappa shape index (κ2) is 14.4. The molecule has 0 spiro atoms. The van der Waals surface area contributed by atoms with Crippen LogP contribution in [0.3, 0.4) is 0 Å². The Balaban J connectivity index is 0.000000249. The average molecular weight is 581 g/mol. The van der Waals surface area contributed by atoms with Gasteiger partial charge in [-0.25, -0.2) is 0 Å². The van der Waals surface area contributed by atoms with Gasteiger partial charge in [0.2, 0.25) is 0 Å². The van der Waals surface area contributed by atoms with Crippen LogP contribution in [-0.4, -0.2) is 9.85 Å². The van der Waals surface area contributed by atoms with Crippen LogP contribution in [0.15, 0.2) is 69.6 Å². The number of halogens is 2. The fourth-order valence-electron chi connectivity index (χ4n) is 2.64. The Hall–Kier alpha value is -2.78. The van der Waals surface area contributed by atoms with E-state index in [2.05, 4.69) is 38.8 Å². The van der Waals surface area contributed by atoms with Crippen LogP contribution in [0.2, 0.25) is 0 Å². The van der Waals surface area contributed by atoms with Crippen molar-refractivity contribution in [3.05, 3.63) is 107 Å². The monoisotopic (exact) mass is 579 g/mol. The Kier molecular flexibility index (Phi) is 12.3. The largest absolute Gasteiger partial charge is 0.399 e. The van der Waals surface area contributed by atoms with E-state index < -0.39 is 4.92 Å². The van der Waals surface area contributed by atoms with Crippen LogP contribution in [0.25, 0.3) is 0 Å². The number of non-ortho nitro benzene ring substituents is 2. The normalized spacial score (nSPS) is 9.73. The van der Waals surface area contributed by atoms with Gasteiger partial charge in [-0.15, -0.1) is 0 Å². The molecule has 0 atom stereocenters. The average Bonchev–Trinajstić information content (AvgIpc) is 2.80.